The van der Waals surface area contributed by atoms with Gasteiger partial charge in [0.1, 0.15) is 0 Å². The maximum absolute atomic E-state index is 14.1. The molecule has 1 spiro atoms. The third kappa shape index (κ3) is 3.34. The van der Waals surface area contributed by atoms with Crippen molar-refractivity contribution in [2.45, 2.75) is 11.4 Å². The molecular weight excluding hydrogens is 460 g/mol. The van der Waals surface area contributed by atoms with Gasteiger partial charge in [-0.25, -0.2) is 0 Å². The summed E-state index contributed by atoms with van der Waals surface area (Å²) in [7, 11) is 3.10. The zero-order chi connectivity index (χ0) is 23.2. The Bertz CT molecular complexity index is 1250. The molecule has 0 aromatic heterocycles. The van der Waals surface area contributed by atoms with Crippen molar-refractivity contribution in [2.75, 3.05) is 29.8 Å². The van der Waals surface area contributed by atoms with Crippen molar-refractivity contribution < 1.29 is 19.1 Å². The molecule has 1 atom stereocenters. The van der Waals surface area contributed by atoms with E-state index in [2.05, 4.69) is 0 Å². The summed E-state index contributed by atoms with van der Waals surface area (Å²) < 4.78 is 10.8. The minimum absolute atomic E-state index is 0.135. The van der Waals surface area contributed by atoms with Gasteiger partial charge in [0.2, 0.25) is 10.8 Å². The molecule has 168 valence electrons. The zero-order valence-electron chi connectivity index (χ0n) is 18.1. The van der Waals surface area contributed by atoms with E-state index in [1.807, 2.05) is 48.5 Å². The van der Waals surface area contributed by atoms with Crippen molar-refractivity contribution in [2.24, 2.45) is 0 Å². The zero-order valence-corrected chi connectivity index (χ0v) is 19.7. The predicted molar refractivity (Wildman–Crippen MR) is 130 cm³/mol. The van der Waals surface area contributed by atoms with Crippen molar-refractivity contribution in [1.82, 2.24) is 0 Å². The molecule has 0 N–H and O–H groups in total. The number of carbonyl (C=O) groups is 2. The molecule has 1 unspecified atom stereocenters. The molecule has 2 aliphatic rings. The second-order valence-electron chi connectivity index (χ2n) is 7.74. The van der Waals surface area contributed by atoms with E-state index in [9.17, 15) is 9.59 Å². The molecule has 0 bridgehead atoms. The Kier molecular flexibility index (Phi) is 5.46. The molecule has 1 fully saturated rings. The average molecular weight is 481 g/mol. The van der Waals surface area contributed by atoms with Gasteiger partial charge in [-0.15, -0.1) is 11.8 Å². The first-order valence-electron chi connectivity index (χ1n) is 10.3. The SMILES string of the molecule is COc1ccc(N2C(=O)CSC23C(=O)N(Cc2ccc(Cl)cc2)c2ccccc23)cc1OC. The fraction of sp³-hybridized carbons (Fsp3) is 0.200. The van der Waals surface area contributed by atoms with Crippen molar-refractivity contribution >= 4 is 46.6 Å². The second-order valence-corrected chi connectivity index (χ2v) is 9.34. The van der Waals surface area contributed by atoms with Crippen LogP contribution in [0.5, 0.6) is 11.5 Å². The van der Waals surface area contributed by atoms with Crippen LogP contribution in [0.3, 0.4) is 0 Å². The number of hydrogen-bond donors (Lipinski definition) is 0. The van der Waals surface area contributed by atoms with Crippen molar-refractivity contribution in [1.29, 1.82) is 0 Å². The number of methoxy groups -OCH3 is 2. The highest BCUT2D eigenvalue weighted by atomic mass is 35.5. The maximum atomic E-state index is 14.1. The monoisotopic (exact) mass is 480 g/mol. The number of thioether (sulfide) groups is 1. The number of ether oxygens (including phenoxy) is 2. The second kappa shape index (κ2) is 8.32. The smallest absolute Gasteiger partial charge is 0.269 e. The lowest BCUT2D eigenvalue weighted by Gasteiger charge is -2.33. The van der Waals surface area contributed by atoms with E-state index in [0.717, 1.165) is 16.8 Å². The molecule has 6 nitrogen and oxygen atoms in total. The van der Waals surface area contributed by atoms with E-state index in [4.69, 9.17) is 21.1 Å². The normalized spacial score (nSPS) is 19.4. The van der Waals surface area contributed by atoms with E-state index in [-0.39, 0.29) is 17.6 Å². The molecule has 8 heteroatoms. The Morgan fingerprint density at radius 3 is 2.42 bits per heavy atom. The summed E-state index contributed by atoms with van der Waals surface area (Å²) in [6.45, 7) is 0.378. The van der Waals surface area contributed by atoms with Crippen LogP contribution in [0.4, 0.5) is 11.4 Å². The molecule has 2 aliphatic heterocycles. The van der Waals surface area contributed by atoms with Crippen LogP contribution >= 0.6 is 23.4 Å². The van der Waals surface area contributed by atoms with Crippen LogP contribution in [0.1, 0.15) is 11.1 Å². The maximum Gasteiger partial charge on any atom is 0.269 e. The summed E-state index contributed by atoms with van der Waals surface area (Å²) in [5.74, 6) is 0.958. The highest BCUT2D eigenvalue weighted by Gasteiger charge is 2.61. The van der Waals surface area contributed by atoms with E-state index < -0.39 is 4.87 Å². The lowest BCUT2D eigenvalue weighted by atomic mass is 10.0. The van der Waals surface area contributed by atoms with Crippen LogP contribution in [0.2, 0.25) is 5.02 Å². The van der Waals surface area contributed by atoms with E-state index in [0.29, 0.717) is 28.8 Å². The molecule has 2 amide bonds. The molecule has 3 aromatic rings. The average Bonchev–Trinajstić information content (AvgIpc) is 3.31. The summed E-state index contributed by atoms with van der Waals surface area (Å²) in [5.41, 5.74) is 3.13. The number of amides is 2. The quantitative estimate of drug-likeness (QED) is 0.523. The van der Waals surface area contributed by atoms with E-state index in [1.165, 1.54) is 11.8 Å². The molecule has 5 rings (SSSR count). The summed E-state index contributed by atoms with van der Waals surface area (Å²) in [4.78, 5) is 29.5. The minimum atomic E-state index is -1.18. The van der Waals surface area contributed by atoms with Crippen LogP contribution in [-0.4, -0.2) is 31.8 Å². The third-order valence-electron chi connectivity index (χ3n) is 5.94. The number of hydrogen-bond acceptors (Lipinski definition) is 5. The number of benzene rings is 3. The number of carbonyl (C=O) groups excluding carboxylic acids is 2. The predicted octanol–water partition coefficient (Wildman–Crippen LogP) is 4.84. The fourth-order valence-electron chi connectivity index (χ4n) is 4.45. The van der Waals surface area contributed by atoms with Crippen molar-refractivity contribution in [3.05, 3.63) is 82.9 Å². The highest BCUT2D eigenvalue weighted by molar-refractivity contribution is 8.02. The van der Waals surface area contributed by atoms with E-state index >= 15 is 0 Å². The van der Waals surface area contributed by atoms with Gasteiger partial charge in [0, 0.05) is 22.3 Å². The van der Waals surface area contributed by atoms with Gasteiger partial charge < -0.3 is 14.4 Å². The molecule has 0 radical (unpaired) electrons. The van der Waals surface area contributed by atoms with Gasteiger partial charge in [-0.05, 0) is 35.9 Å². The lowest BCUT2D eigenvalue weighted by molar-refractivity contribution is -0.123. The van der Waals surface area contributed by atoms with Crippen LogP contribution in [0, 0.1) is 0 Å². The molecule has 1 saturated heterocycles. The van der Waals surface area contributed by atoms with Gasteiger partial charge in [0.25, 0.3) is 5.91 Å². The van der Waals surface area contributed by atoms with Crippen molar-refractivity contribution in [3.63, 3.8) is 0 Å². The Morgan fingerprint density at radius 2 is 1.70 bits per heavy atom. The molecule has 3 aromatic carbocycles. The first kappa shape index (κ1) is 21.7. The Hall–Kier alpha value is -3.16. The molecule has 0 saturated carbocycles. The number of fused-ring (bicyclic) bond motifs is 2. The minimum Gasteiger partial charge on any atom is -0.493 e. The van der Waals surface area contributed by atoms with Crippen LogP contribution in [0.25, 0.3) is 0 Å². The Labute approximate surface area is 201 Å². The largest absolute Gasteiger partial charge is 0.493 e. The standard InChI is InChI=1S/C25H21ClN2O4S/c1-31-21-12-11-18(13-22(21)32-2)28-23(29)15-33-25(28)19-5-3-4-6-20(19)27(24(25)30)14-16-7-9-17(26)10-8-16/h3-13H,14-15H2,1-2H3. The van der Waals surface area contributed by atoms with Gasteiger partial charge in [-0.1, -0.05) is 41.9 Å². The van der Waals surface area contributed by atoms with Crippen molar-refractivity contribution in [3.8, 4) is 11.5 Å². The molecule has 2 heterocycles. The Balaban J connectivity index is 1.62. The fourth-order valence-corrected chi connectivity index (χ4v) is 5.93. The summed E-state index contributed by atoms with van der Waals surface area (Å²) in [6.07, 6.45) is 0. The third-order valence-corrected chi connectivity index (χ3v) is 7.58. The number of para-hydroxylation sites is 1. The van der Waals surface area contributed by atoms with Gasteiger partial charge in [-0.2, -0.15) is 0 Å². The first-order valence-corrected chi connectivity index (χ1v) is 11.7. The van der Waals surface area contributed by atoms with Gasteiger partial charge in [-0.3, -0.25) is 14.5 Å². The summed E-state index contributed by atoms with van der Waals surface area (Å²) in [5, 5.41) is 0.639. The number of nitrogens with zero attached hydrogens (tertiary/aromatic N) is 2. The molecule has 0 aliphatic carbocycles. The summed E-state index contributed by atoms with van der Waals surface area (Å²) in [6, 6.07) is 20.3. The molecular formula is C25H21ClN2O4S. The Morgan fingerprint density at radius 1 is 0.970 bits per heavy atom. The van der Waals surface area contributed by atoms with Gasteiger partial charge >= 0.3 is 0 Å². The van der Waals surface area contributed by atoms with Gasteiger partial charge in [0.05, 0.1) is 32.2 Å². The van der Waals surface area contributed by atoms with Crippen LogP contribution in [0.15, 0.2) is 66.7 Å². The highest BCUT2D eigenvalue weighted by Crippen LogP contribution is 2.56. The topological polar surface area (TPSA) is 59.1 Å². The first-order chi connectivity index (χ1) is 16.0. The van der Waals surface area contributed by atoms with Crippen LogP contribution < -0.4 is 19.3 Å². The number of halogens is 1. The molecule has 33 heavy (non-hydrogen) atoms. The summed E-state index contributed by atoms with van der Waals surface area (Å²) >= 11 is 7.38. The van der Waals surface area contributed by atoms with Gasteiger partial charge in [0.15, 0.2) is 11.5 Å². The number of anilines is 2. The lowest BCUT2D eigenvalue weighted by Crippen LogP contribution is -2.49. The van der Waals surface area contributed by atoms with Crippen LogP contribution in [-0.2, 0) is 21.0 Å². The van der Waals surface area contributed by atoms with E-state index in [1.54, 1.807) is 42.2 Å². The number of rotatable bonds is 5.